The van der Waals surface area contributed by atoms with Crippen molar-refractivity contribution in [2.45, 2.75) is 32.9 Å². The molecule has 2 N–H and O–H groups in total. The molecule has 0 aliphatic heterocycles. The van der Waals surface area contributed by atoms with Gasteiger partial charge in [0, 0.05) is 32.5 Å². The van der Waals surface area contributed by atoms with Crippen molar-refractivity contribution in [2.24, 2.45) is 4.99 Å². The molecule has 178 valence electrons. The van der Waals surface area contributed by atoms with Gasteiger partial charge in [-0.05, 0) is 54.7 Å². The summed E-state index contributed by atoms with van der Waals surface area (Å²) in [5.74, 6) is 2.36. The Hall–Kier alpha value is -2.75. The molecule has 0 amide bonds. The van der Waals surface area contributed by atoms with Gasteiger partial charge in [-0.3, -0.25) is 9.67 Å². The molecule has 8 heteroatoms. The number of ether oxygens (including phenoxy) is 2. The predicted molar refractivity (Wildman–Crippen MR) is 144 cm³/mol. The summed E-state index contributed by atoms with van der Waals surface area (Å²) in [6.45, 7) is 4.87. The van der Waals surface area contributed by atoms with Crippen molar-refractivity contribution < 1.29 is 9.47 Å². The zero-order valence-corrected chi connectivity index (χ0v) is 21.9. The minimum absolute atomic E-state index is 0. The Bertz CT molecular complexity index is 992. The fourth-order valence-electron chi connectivity index (χ4n) is 3.50. The van der Waals surface area contributed by atoms with Gasteiger partial charge < -0.3 is 20.1 Å². The highest BCUT2D eigenvalue weighted by Crippen LogP contribution is 2.28. The summed E-state index contributed by atoms with van der Waals surface area (Å²) in [6, 6.07) is 16.5. The van der Waals surface area contributed by atoms with Crippen molar-refractivity contribution in [2.75, 3.05) is 27.3 Å². The van der Waals surface area contributed by atoms with E-state index in [2.05, 4.69) is 57.1 Å². The number of aromatic nitrogens is 2. The fourth-order valence-corrected chi connectivity index (χ4v) is 3.50. The molecule has 0 aliphatic carbocycles. The third-order valence-corrected chi connectivity index (χ3v) is 5.14. The lowest BCUT2D eigenvalue weighted by Gasteiger charge is -2.15. The number of nitrogens with one attached hydrogen (secondary N) is 2. The summed E-state index contributed by atoms with van der Waals surface area (Å²) >= 11 is 0. The molecule has 0 saturated heterocycles. The molecule has 3 rings (SSSR count). The van der Waals surface area contributed by atoms with Gasteiger partial charge in [0.25, 0.3) is 0 Å². The van der Waals surface area contributed by atoms with E-state index >= 15 is 0 Å². The first-order valence-electron chi connectivity index (χ1n) is 11.0. The number of nitrogens with zero attached hydrogens (tertiary/aromatic N) is 3. The zero-order valence-electron chi connectivity index (χ0n) is 19.6. The smallest absolute Gasteiger partial charge is 0.191 e. The van der Waals surface area contributed by atoms with Crippen molar-refractivity contribution >= 4 is 29.9 Å². The molecule has 0 radical (unpaired) electrons. The number of benzene rings is 2. The Morgan fingerprint density at radius 2 is 1.88 bits per heavy atom. The number of rotatable bonds is 11. The van der Waals surface area contributed by atoms with Gasteiger partial charge in [0.05, 0.1) is 20.3 Å². The highest BCUT2D eigenvalue weighted by Gasteiger charge is 2.07. The van der Waals surface area contributed by atoms with Gasteiger partial charge in [-0.2, -0.15) is 5.10 Å². The van der Waals surface area contributed by atoms with E-state index in [9.17, 15) is 0 Å². The Balaban J connectivity index is 0.00000385. The van der Waals surface area contributed by atoms with E-state index in [4.69, 9.17) is 9.47 Å². The van der Waals surface area contributed by atoms with E-state index in [0.29, 0.717) is 13.2 Å². The van der Waals surface area contributed by atoms with Crippen molar-refractivity contribution in [3.05, 3.63) is 77.6 Å². The SMILES string of the molecule is CCOc1cc(CCCNC(=NC)NCc2ccccc2Cn2cccn2)ccc1OC.I. The van der Waals surface area contributed by atoms with Crippen LogP contribution in [0.1, 0.15) is 30.0 Å². The highest BCUT2D eigenvalue weighted by molar-refractivity contribution is 14.0. The molecule has 1 heterocycles. The van der Waals surface area contributed by atoms with Crippen LogP contribution in [0.2, 0.25) is 0 Å². The summed E-state index contributed by atoms with van der Waals surface area (Å²) in [4.78, 5) is 4.35. The number of hydrogen-bond donors (Lipinski definition) is 2. The van der Waals surface area contributed by atoms with Crippen molar-refractivity contribution in [1.29, 1.82) is 0 Å². The summed E-state index contributed by atoms with van der Waals surface area (Å²) in [6.07, 6.45) is 5.70. The van der Waals surface area contributed by atoms with Crippen LogP contribution < -0.4 is 20.1 Å². The Morgan fingerprint density at radius 1 is 1.06 bits per heavy atom. The summed E-state index contributed by atoms with van der Waals surface area (Å²) in [7, 11) is 3.46. The minimum Gasteiger partial charge on any atom is -0.493 e. The number of hydrogen-bond acceptors (Lipinski definition) is 4. The fraction of sp³-hybridized carbons (Fsp3) is 0.360. The second-order valence-electron chi connectivity index (χ2n) is 7.35. The third kappa shape index (κ3) is 8.27. The normalized spacial score (nSPS) is 10.9. The summed E-state index contributed by atoms with van der Waals surface area (Å²) < 4.78 is 13.0. The third-order valence-electron chi connectivity index (χ3n) is 5.14. The van der Waals surface area contributed by atoms with Gasteiger partial charge >= 0.3 is 0 Å². The first-order chi connectivity index (χ1) is 15.7. The molecule has 7 nitrogen and oxygen atoms in total. The maximum atomic E-state index is 5.67. The lowest BCUT2D eigenvalue weighted by Crippen LogP contribution is -2.37. The van der Waals surface area contributed by atoms with Gasteiger partial charge in [-0.1, -0.05) is 30.3 Å². The van der Waals surface area contributed by atoms with Crippen LogP contribution in [0.5, 0.6) is 11.5 Å². The van der Waals surface area contributed by atoms with E-state index in [1.165, 1.54) is 16.7 Å². The monoisotopic (exact) mass is 563 g/mol. The molecule has 0 saturated carbocycles. The molecule has 0 aliphatic rings. The summed E-state index contributed by atoms with van der Waals surface area (Å²) in [5, 5.41) is 11.1. The van der Waals surface area contributed by atoms with E-state index in [1.807, 2.05) is 29.9 Å². The lowest BCUT2D eigenvalue weighted by molar-refractivity contribution is 0.310. The van der Waals surface area contributed by atoms with E-state index in [0.717, 1.165) is 43.4 Å². The molecular weight excluding hydrogens is 529 g/mol. The molecule has 0 unspecified atom stereocenters. The highest BCUT2D eigenvalue weighted by atomic mass is 127. The maximum Gasteiger partial charge on any atom is 0.191 e. The molecule has 0 bridgehead atoms. The molecule has 0 spiro atoms. The molecular formula is C25H34IN5O2. The first-order valence-corrected chi connectivity index (χ1v) is 11.0. The minimum atomic E-state index is 0. The van der Waals surface area contributed by atoms with Gasteiger partial charge in [-0.15, -0.1) is 24.0 Å². The van der Waals surface area contributed by atoms with Crippen LogP contribution in [0, 0.1) is 0 Å². The average molecular weight is 563 g/mol. The van der Waals surface area contributed by atoms with Crippen LogP contribution in [0.15, 0.2) is 65.9 Å². The van der Waals surface area contributed by atoms with Gasteiger partial charge in [0.2, 0.25) is 0 Å². The Kier molecular flexibility index (Phi) is 11.6. The molecule has 0 fully saturated rings. The zero-order chi connectivity index (χ0) is 22.6. The first kappa shape index (κ1) is 26.5. The quantitative estimate of drug-likeness (QED) is 0.158. The lowest BCUT2D eigenvalue weighted by atomic mass is 10.1. The van der Waals surface area contributed by atoms with E-state index < -0.39 is 0 Å². The Morgan fingerprint density at radius 3 is 2.58 bits per heavy atom. The van der Waals surface area contributed by atoms with Crippen LogP contribution in [0.25, 0.3) is 0 Å². The molecule has 1 aromatic heterocycles. The molecule has 0 atom stereocenters. The standard InChI is InChI=1S/C25H33N5O2.HI/c1-4-32-24-17-20(12-13-23(24)31-3)9-7-14-27-25(26-2)28-18-21-10-5-6-11-22(21)19-30-16-8-15-29-30;/h5-6,8,10-13,15-17H,4,7,9,14,18-19H2,1-3H3,(H2,26,27,28);1H. The molecule has 2 aromatic carbocycles. The topological polar surface area (TPSA) is 72.7 Å². The van der Waals surface area contributed by atoms with E-state index in [-0.39, 0.29) is 24.0 Å². The van der Waals surface area contributed by atoms with Gasteiger partial charge in [0.1, 0.15) is 0 Å². The number of aliphatic imine (C=N–C) groups is 1. The number of halogens is 1. The van der Waals surface area contributed by atoms with Crippen LogP contribution in [0.4, 0.5) is 0 Å². The summed E-state index contributed by atoms with van der Waals surface area (Å²) in [5.41, 5.74) is 3.70. The second-order valence-corrected chi connectivity index (χ2v) is 7.35. The number of methoxy groups -OCH3 is 1. The Labute approximate surface area is 213 Å². The van der Waals surface area contributed by atoms with E-state index in [1.54, 1.807) is 20.4 Å². The molecule has 33 heavy (non-hydrogen) atoms. The number of aryl methyl sites for hydroxylation is 1. The van der Waals surface area contributed by atoms with Crippen LogP contribution in [-0.4, -0.2) is 43.0 Å². The molecule has 3 aromatic rings. The van der Waals surface area contributed by atoms with Crippen LogP contribution in [-0.2, 0) is 19.5 Å². The van der Waals surface area contributed by atoms with Crippen LogP contribution >= 0.6 is 24.0 Å². The average Bonchev–Trinajstić information content (AvgIpc) is 3.33. The predicted octanol–water partition coefficient (Wildman–Crippen LogP) is 4.25. The van der Waals surface area contributed by atoms with Gasteiger partial charge in [-0.25, -0.2) is 0 Å². The van der Waals surface area contributed by atoms with Crippen molar-refractivity contribution in [3.8, 4) is 11.5 Å². The van der Waals surface area contributed by atoms with Gasteiger partial charge in [0.15, 0.2) is 17.5 Å². The largest absolute Gasteiger partial charge is 0.493 e. The maximum absolute atomic E-state index is 5.67. The second kappa shape index (κ2) is 14.4. The number of guanidine groups is 1. The van der Waals surface area contributed by atoms with Crippen LogP contribution in [0.3, 0.4) is 0 Å². The van der Waals surface area contributed by atoms with Crippen molar-refractivity contribution in [1.82, 2.24) is 20.4 Å². The van der Waals surface area contributed by atoms with Crippen molar-refractivity contribution in [3.63, 3.8) is 0 Å².